The average molecular weight is 280 g/mol. The lowest BCUT2D eigenvalue weighted by molar-refractivity contribution is 0.0655. The molecule has 1 aliphatic heterocycles. The summed E-state index contributed by atoms with van der Waals surface area (Å²) in [5.41, 5.74) is 0.104. The second-order valence-electron chi connectivity index (χ2n) is 5.30. The predicted octanol–water partition coefficient (Wildman–Crippen LogP) is 2.00. The molecule has 0 saturated carbocycles. The normalized spacial score (nSPS) is 17.0. The molecule has 5 heteroatoms. The highest BCUT2D eigenvalue weighted by Gasteiger charge is 2.26. The third-order valence-corrected chi connectivity index (χ3v) is 3.96. The number of likely N-dealkylation sites (tertiary alicyclic amines) is 1. The summed E-state index contributed by atoms with van der Waals surface area (Å²) >= 11 is 0. The van der Waals surface area contributed by atoms with E-state index < -0.39 is 5.82 Å². The number of hydrogen-bond donors (Lipinski definition) is 0. The van der Waals surface area contributed by atoms with Crippen molar-refractivity contribution in [1.82, 2.24) is 9.80 Å². The number of halogens is 1. The van der Waals surface area contributed by atoms with Crippen LogP contribution in [0.15, 0.2) is 18.2 Å². The van der Waals surface area contributed by atoms with Gasteiger partial charge in [-0.3, -0.25) is 4.79 Å². The van der Waals surface area contributed by atoms with Gasteiger partial charge in [-0.1, -0.05) is 0 Å². The molecule has 0 bridgehead atoms. The summed E-state index contributed by atoms with van der Waals surface area (Å²) in [4.78, 5) is 16.3. The second kappa shape index (κ2) is 6.22. The molecule has 1 aliphatic rings. The van der Waals surface area contributed by atoms with E-state index >= 15 is 0 Å². The van der Waals surface area contributed by atoms with Gasteiger partial charge in [-0.15, -0.1) is 0 Å². The van der Waals surface area contributed by atoms with Crippen LogP contribution in [-0.2, 0) is 0 Å². The van der Waals surface area contributed by atoms with Crippen LogP contribution in [0.1, 0.15) is 23.2 Å². The molecular formula is C15H21FN2O2. The Balaban J connectivity index is 2.10. The largest absolute Gasteiger partial charge is 0.497 e. The van der Waals surface area contributed by atoms with Gasteiger partial charge in [0.2, 0.25) is 0 Å². The molecule has 1 amide bonds. The van der Waals surface area contributed by atoms with Crippen molar-refractivity contribution in [3.8, 4) is 5.75 Å². The molecule has 4 nitrogen and oxygen atoms in total. The fourth-order valence-electron chi connectivity index (χ4n) is 2.53. The van der Waals surface area contributed by atoms with E-state index in [9.17, 15) is 9.18 Å². The Kier molecular flexibility index (Phi) is 4.60. The van der Waals surface area contributed by atoms with E-state index in [0.29, 0.717) is 5.75 Å². The molecule has 0 aromatic heterocycles. The Bertz CT molecular complexity index is 485. The van der Waals surface area contributed by atoms with Gasteiger partial charge in [-0.25, -0.2) is 4.39 Å². The number of carbonyl (C=O) groups is 1. The number of carbonyl (C=O) groups excluding carboxylic acids is 1. The lowest BCUT2D eigenvalue weighted by atomic mass is 10.0. The minimum Gasteiger partial charge on any atom is -0.497 e. The van der Waals surface area contributed by atoms with Gasteiger partial charge in [0, 0.05) is 19.2 Å². The van der Waals surface area contributed by atoms with E-state index in [1.807, 2.05) is 0 Å². The maximum absolute atomic E-state index is 13.9. The number of piperidine rings is 1. The van der Waals surface area contributed by atoms with Gasteiger partial charge >= 0.3 is 0 Å². The van der Waals surface area contributed by atoms with Crippen molar-refractivity contribution in [3.63, 3.8) is 0 Å². The van der Waals surface area contributed by atoms with Crippen molar-refractivity contribution in [3.05, 3.63) is 29.6 Å². The maximum Gasteiger partial charge on any atom is 0.256 e. The van der Waals surface area contributed by atoms with E-state index in [2.05, 4.69) is 11.9 Å². The second-order valence-corrected chi connectivity index (χ2v) is 5.30. The summed E-state index contributed by atoms with van der Waals surface area (Å²) in [5.74, 6) is -0.380. The minimum atomic E-state index is -0.533. The van der Waals surface area contributed by atoms with E-state index in [1.54, 1.807) is 18.0 Å². The number of amides is 1. The molecule has 20 heavy (non-hydrogen) atoms. The summed E-state index contributed by atoms with van der Waals surface area (Å²) in [5, 5.41) is 0. The van der Waals surface area contributed by atoms with E-state index in [-0.39, 0.29) is 17.5 Å². The molecule has 1 aromatic carbocycles. The van der Waals surface area contributed by atoms with Crippen LogP contribution in [0.25, 0.3) is 0 Å². The SMILES string of the molecule is COc1ccc(C(=O)N(C)C2CCN(C)CC2)c(F)c1. The Morgan fingerprint density at radius 2 is 2.05 bits per heavy atom. The number of benzene rings is 1. The molecule has 0 atom stereocenters. The van der Waals surface area contributed by atoms with Crippen LogP contribution in [0.3, 0.4) is 0 Å². The quantitative estimate of drug-likeness (QED) is 0.849. The molecule has 1 heterocycles. The number of hydrogen-bond acceptors (Lipinski definition) is 3. The van der Waals surface area contributed by atoms with E-state index in [1.165, 1.54) is 19.2 Å². The summed E-state index contributed by atoms with van der Waals surface area (Å²) in [6.45, 7) is 1.93. The van der Waals surface area contributed by atoms with Crippen LogP contribution in [0, 0.1) is 5.82 Å². The maximum atomic E-state index is 13.9. The summed E-state index contributed by atoms with van der Waals surface area (Å²) in [6.07, 6.45) is 1.85. The summed E-state index contributed by atoms with van der Waals surface area (Å²) in [6, 6.07) is 4.52. The van der Waals surface area contributed by atoms with Crippen LogP contribution in [-0.4, -0.2) is 56.0 Å². The number of methoxy groups -OCH3 is 1. The summed E-state index contributed by atoms with van der Waals surface area (Å²) in [7, 11) is 5.30. The first kappa shape index (κ1) is 14.8. The van der Waals surface area contributed by atoms with Gasteiger partial charge in [0.1, 0.15) is 11.6 Å². The third-order valence-electron chi connectivity index (χ3n) is 3.96. The average Bonchev–Trinajstić information content (AvgIpc) is 2.46. The Labute approximate surface area is 119 Å². The first-order valence-electron chi connectivity index (χ1n) is 6.82. The van der Waals surface area contributed by atoms with Crippen LogP contribution in [0.2, 0.25) is 0 Å². The number of ether oxygens (including phenoxy) is 1. The Morgan fingerprint density at radius 1 is 1.40 bits per heavy atom. The van der Waals surface area contributed by atoms with E-state index in [0.717, 1.165) is 25.9 Å². The zero-order valence-corrected chi connectivity index (χ0v) is 12.2. The first-order valence-corrected chi connectivity index (χ1v) is 6.82. The van der Waals surface area contributed by atoms with Crippen LogP contribution in [0.5, 0.6) is 5.75 Å². The van der Waals surface area contributed by atoms with E-state index in [4.69, 9.17) is 4.74 Å². The predicted molar refractivity (Wildman–Crippen MR) is 75.6 cm³/mol. The van der Waals surface area contributed by atoms with Gasteiger partial charge in [-0.05, 0) is 45.1 Å². The van der Waals surface area contributed by atoms with Gasteiger partial charge in [0.15, 0.2) is 0 Å². The molecule has 110 valence electrons. The zero-order chi connectivity index (χ0) is 14.7. The number of rotatable bonds is 3. The van der Waals surface area contributed by atoms with Crippen LogP contribution < -0.4 is 4.74 Å². The van der Waals surface area contributed by atoms with Crippen molar-refractivity contribution >= 4 is 5.91 Å². The minimum absolute atomic E-state index is 0.104. The fraction of sp³-hybridized carbons (Fsp3) is 0.533. The third kappa shape index (κ3) is 3.10. The van der Waals surface area contributed by atoms with Crippen molar-refractivity contribution in [2.45, 2.75) is 18.9 Å². The lowest BCUT2D eigenvalue weighted by Crippen LogP contribution is -2.44. The highest BCUT2D eigenvalue weighted by atomic mass is 19.1. The topological polar surface area (TPSA) is 32.8 Å². The molecule has 0 spiro atoms. The molecule has 1 saturated heterocycles. The highest BCUT2D eigenvalue weighted by molar-refractivity contribution is 5.94. The molecule has 0 unspecified atom stereocenters. The highest BCUT2D eigenvalue weighted by Crippen LogP contribution is 2.21. The summed E-state index contributed by atoms with van der Waals surface area (Å²) < 4.78 is 18.9. The molecule has 2 rings (SSSR count). The van der Waals surface area contributed by atoms with Gasteiger partial charge in [0.05, 0.1) is 12.7 Å². The molecular weight excluding hydrogens is 259 g/mol. The van der Waals surface area contributed by atoms with Crippen molar-refractivity contribution in [1.29, 1.82) is 0 Å². The molecule has 1 fully saturated rings. The zero-order valence-electron chi connectivity index (χ0n) is 12.2. The Morgan fingerprint density at radius 3 is 2.60 bits per heavy atom. The van der Waals surface area contributed by atoms with Gasteiger partial charge < -0.3 is 14.5 Å². The molecule has 1 aromatic rings. The molecule has 0 radical (unpaired) electrons. The first-order chi connectivity index (χ1) is 9.52. The lowest BCUT2D eigenvalue weighted by Gasteiger charge is -2.35. The number of nitrogens with zero attached hydrogens (tertiary/aromatic N) is 2. The molecule has 0 aliphatic carbocycles. The molecule has 0 N–H and O–H groups in total. The van der Waals surface area contributed by atoms with Crippen molar-refractivity contribution in [2.24, 2.45) is 0 Å². The van der Waals surface area contributed by atoms with Crippen LogP contribution in [0.4, 0.5) is 4.39 Å². The van der Waals surface area contributed by atoms with Crippen LogP contribution >= 0.6 is 0 Å². The monoisotopic (exact) mass is 280 g/mol. The fourth-order valence-corrected chi connectivity index (χ4v) is 2.53. The van der Waals surface area contributed by atoms with Crippen molar-refractivity contribution in [2.75, 3.05) is 34.3 Å². The smallest absolute Gasteiger partial charge is 0.256 e. The van der Waals surface area contributed by atoms with Crippen molar-refractivity contribution < 1.29 is 13.9 Å². The standard InChI is InChI=1S/C15H21FN2O2/c1-17-8-6-11(7-9-17)18(2)15(19)13-5-4-12(20-3)10-14(13)16/h4-5,10-11H,6-9H2,1-3H3. The van der Waals surface area contributed by atoms with Gasteiger partial charge in [0.25, 0.3) is 5.91 Å². The Hall–Kier alpha value is -1.62. The van der Waals surface area contributed by atoms with Gasteiger partial charge in [-0.2, -0.15) is 0 Å².